The van der Waals surface area contributed by atoms with E-state index in [1.807, 2.05) is 36.4 Å². The fraction of sp³-hybridized carbons (Fsp3) is 0.211. The lowest BCUT2D eigenvalue weighted by atomic mass is 10.2. The van der Waals surface area contributed by atoms with Gasteiger partial charge in [-0.05, 0) is 18.2 Å². The van der Waals surface area contributed by atoms with Crippen molar-refractivity contribution >= 4 is 55.3 Å². The summed E-state index contributed by atoms with van der Waals surface area (Å²) in [6, 6.07) is 16.2. The van der Waals surface area contributed by atoms with Crippen LogP contribution < -0.4 is 5.32 Å². The summed E-state index contributed by atoms with van der Waals surface area (Å²) >= 11 is 3.36. The maximum Gasteiger partial charge on any atom is 0.230 e. The molecule has 0 bridgehead atoms. The third-order valence-electron chi connectivity index (χ3n) is 3.48. The summed E-state index contributed by atoms with van der Waals surface area (Å²) in [6.07, 6.45) is 0. The van der Waals surface area contributed by atoms with Gasteiger partial charge in [-0.2, -0.15) is 0 Å². The molecule has 4 nitrogen and oxygen atoms in total. The summed E-state index contributed by atoms with van der Waals surface area (Å²) in [5, 5.41) is 6.16. The monoisotopic (exact) mass is 366 g/mol. The predicted octanol–water partition coefficient (Wildman–Crippen LogP) is 5.87. The molecule has 0 radical (unpaired) electrons. The van der Waals surface area contributed by atoms with E-state index >= 15 is 0 Å². The van der Waals surface area contributed by atoms with Gasteiger partial charge in [-0.25, -0.2) is 15.0 Å². The second-order valence-corrected chi connectivity index (χ2v) is 9.54. The van der Waals surface area contributed by atoms with Crippen molar-refractivity contribution in [2.45, 2.75) is 30.5 Å². The van der Waals surface area contributed by atoms with Gasteiger partial charge in [0.25, 0.3) is 0 Å². The number of rotatable bonds is 3. The van der Waals surface area contributed by atoms with Crippen LogP contribution in [0.15, 0.2) is 53.6 Å². The lowest BCUT2D eigenvalue weighted by Gasteiger charge is -2.18. The van der Waals surface area contributed by atoms with Crippen LogP contribution in [0.25, 0.3) is 21.1 Å². The number of hydrogen-bond acceptors (Lipinski definition) is 6. The Kier molecular flexibility index (Phi) is 4.09. The van der Waals surface area contributed by atoms with Gasteiger partial charge in [0.15, 0.2) is 5.13 Å². The minimum absolute atomic E-state index is 0.0737. The van der Waals surface area contributed by atoms with Crippen molar-refractivity contribution in [1.82, 2.24) is 15.0 Å². The summed E-state index contributed by atoms with van der Waals surface area (Å²) in [7, 11) is 0. The smallest absolute Gasteiger partial charge is 0.230 e. The van der Waals surface area contributed by atoms with Crippen molar-refractivity contribution in [1.29, 1.82) is 0 Å². The highest BCUT2D eigenvalue weighted by molar-refractivity contribution is 8.00. The number of thiazole rings is 1. The van der Waals surface area contributed by atoms with Crippen LogP contribution in [0.5, 0.6) is 0 Å². The molecule has 0 aliphatic heterocycles. The van der Waals surface area contributed by atoms with Crippen LogP contribution >= 0.6 is 23.1 Å². The SMILES string of the molecule is CC(C)(C)Sc1nc(Nc2nc3ccccc3s2)nc2ccccc12. The van der Waals surface area contributed by atoms with Crippen LogP contribution in [-0.4, -0.2) is 19.7 Å². The molecule has 2 aromatic heterocycles. The van der Waals surface area contributed by atoms with E-state index in [1.165, 1.54) is 0 Å². The molecular formula is C19H18N4S2. The number of benzene rings is 2. The van der Waals surface area contributed by atoms with E-state index in [1.54, 1.807) is 23.1 Å². The molecule has 0 atom stereocenters. The summed E-state index contributed by atoms with van der Waals surface area (Å²) in [6.45, 7) is 6.57. The van der Waals surface area contributed by atoms with Crippen LogP contribution in [0.2, 0.25) is 0 Å². The fourth-order valence-electron chi connectivity index (χ4n) is 2.49. The molecule has 0 aliphatic carbocycles. The normalized spacial score (nSPS) is 12.0. The van der Waals surface area contributed by atoms with Crippen LogP contribution in [0.4, 0.5) is 11.1 Å². The minimum Gasteiger partial charge on any atom is -0.300 e. The summed E-state index contributed by atoms with van der Waals surface area (Å²) < 4.78 is 1.22. The number of anilines is 2. The maximum absolute atomic E-state index is 4.76. The van der Waals surface area contributed by atoms with Gasteiger partial charge in [0, 0.05) is 10.1 Å². The molecule has 4 rings (SSSR count). The Morgan fingerprint density at radius 1 is 0.880 bits per heavy atom. The Labute approximate surface area is 154 Å². The van der Waals surface area contributed by atoms with Crippen LogP contribution in [0.1, 0.15) is 20.8 Å². The van der Waals surface area contributed by atoms with Crippen molar-refractivity contribution in [2.75, 3.05) is 5.32 Å². The number of nitrogens with zero attached hydrogens (tertiary/aromatic N) is 3. The number of nitrogens with one attached hydrogen (secondary N) is 1. The number of aromatic nitrogens is 3. The molecule has 6 heteroatoms. The van der Waals surface area contributed by atoms with Crippen LogP contribution in [0.3, 0.4) is 0 Å². The van der Waals surface area contributed by atoms with E-state index in [0.717, 1.165) is 31.3 Å². The average Bonchev–Trinajstić information content (AvgIpc) is 2.95. The van der Waals surface area contributed by atoms with E-state index in [2.05, 4.69) is 48.2 Å². The van der Waals surface area contributed by atoms with Gasteiger partial charge in [0.1, 0.15) is 5.03 Å². The summed E-state index contributed by atoms with van der Waals surface area (Å²) in [5.41, 5.74) is 1.92. The molecule has 0 saturated carbocycles. The molecule has 25 heavy (non-hydrogen) atoms. The molecule has 2 heterocycles. The molecule has 0 unspecified atom stereocenters. The molecular weight excluding hydrogens is 348 g/mol. The van der Waals surface area contributed by atoms with Crippen molar-refractivity contribution in [3.63, 3.8) is 0 Å². The Bertz CT molecular complexity index is 1020. The molecule has 126 valence electrons. The molecule has 1 N–H and O–H groups in total. The zero-order valence-electron chi connectivity index (χ0n) is 14.3. The van der Waals surface area contributed by atoms with Gasteiger partial charge < -0.3 is 0 Å². The maximum atomic E-state index is 4.76. The van der Waals surface area contributed by atoms with Crippen molar-refractivity contribution in [3.8, 4) is 0 Å². The Morgan fingerprint density at radius 3 is 2.36 bits per heavy atom. The Morgan fingerprint density at radius 2 is 1.60 bits per heavy atom. The quantitative estimate of drug-likeness (QED) is 0.363. The molecule has 0 spiro atoms. The zero-order chi connectivity index (χ0) is 17.4. The lowest BCUT2D eigenvalue weighted by molar-refractivity contribution is 0.800. The highest BCUT2D eigenvalue weighted by Crippen LogP contribution is 2.36. The number of para-hydroxylation sites is 2. The van der Waals surface area contributed by atoms with E-state index in [-0.39, 0.29) is 4.75 Å². The molecule has 0 saturated heterocycles. The standard InChI is InChI=1S/C19H18N4S2/c1-19(2,3)25-16-12-8-4-5-9-13(12)20-17(22-16)23-18-21-14-10-6-7-11-15(14)24-18/h4-11H,1-3H3,(H,20,21,22,23). The van der Waals surface area contributed by atoms with Crippen molar-refractivity contribution in [3.05, 3.63) is 48.5 Å². The molecule has 0 aliphatic rings. The summed E-state index contributed by atoms with van der Waals surface area (Å²) in [4.78, 5) is 14.0. The van der Waals surface area contributed by atoms with Crippen LogP contribution in [-0.2, 0) is 0 Å². The van der Waals surface area contributed by atoms with E-state index in [0.29, 0.717) is 5.95 Å². The third kappa shape index (κ3) is 3.60. The topological polar surface area (TPSA) is 50.7 Å². The zero-order valence-corrected chi connectivity index (χ0v) is 15.9. The van der Waals surface area contributed by atoms with E-state index < -0.39 is 0 Å². The third-order valence-corrected chi connectivity index (χ3v) is 5.55. The first-order valence-electron chi connectivity index (χ1n) is 8.06. The van der Waals surface area contributed by atoms with E-state index in [4.69, 9.17) is 4.98 Å². The largest absolute Gasteiger partial charge is 0.300 e. The lowest BCUT2D eigenvalue weighted by Crippen LogP contribution is -2.08. The molecule has 0 amide bonds. The number of fused-ring (bicyclic) bond motifs is 2. The average molecular weight is 367 g/mol. The fourth-order valence-corrected chi connectivity index (χ4v) is 4.35. The number of thioether (sulfide) groups is 1. The number of hydrogen-bond donors (Lipinski definition) is 1. The minimum atomic E-state index is 0.0737. The Balaban J connectivity index is 1.76. The van der Waals surface area contributed by atoms with Gasteiger partial charge in [0.05, 0.1) is 15.7 Å². The van der Waals surface area contributed by atoms with Gasteiger partial charge >= 0.3 is 0 Å². The van der Waals surface area contributed by atoms with E-state index in [9.17, 15) is 0 Å². The molecule has 0 fully saturated rings. The van der Waals surface area contributed by atoms with Crippen LogP contribution in [0, 0.1) is 0 Å². The molecule has 4 aromatic rings. The van der Waals surface area contributed by atoms with Gasteiger partial charge in [-0.15, -0.1) is 0 Å². The second kappa shape index (κ2) is 6.28. The van der Waals surface area contributed by atoms with Crippen molar-refractivity contribution in [2.24, 2.45) is 0 Å². The highest BCUT2D eigenvalue weighted by Gasteiger charge is 2.17. The van der Waals surface area contributed by atoms with Gasteiger partial charge in [-0.1, -0.05) is 74.2 Å². The van der Waals surface area contributed by atoms with Gasteiger partial charge in [0.2, 0.25) is 5.95 Å². The first-order valence-corrected chi connectivity index (χ1v) is 9.70. The second-order valence-electron chi connectivity index (χ2n) is 6.70. The highest BCUT2D eigenvalue weighted by atomic mass is 32.2. The molecule has 2 aromatic carbocycles. The van der Waals surface area contributed by atoms with Crippen molar-refractivity contribution < 1.29 is 0 Å². The van der Waals surface area contributed by atoms with Gasteiger partial charge in [-0.3, -0.25) is 5.32 Å². The Hall–Kier alpha value is -2.18. The first kappa shape index (κ1) is 16.3. The summed E-state index contributed by atoms with van der Waals surface area (Å²) in [5.74, 6) is 0.588. The first-order chi connectivity index (χ1) is 12.0. The predicted molar refractivity (Wildman–Crippen MR) is 108 cm³/mol.